The molecule has 7 nitrogen and oxygen atoms in total. The maximum Gasteiger partial charge on any atom is 0.191 e. The van der Waals surface area contributed by atoms with Crippen LogP contribution in [0.5, 0.6) is 0 Å². The van der Waals surface area contributed by atoms with Gasteiger partial charge in [0, 0.05) is 32.7 Å². The molecule has 0 radical (unpaired) electrons. The van der Waals surface area contributed by atoms with Crippen molar-refractivity contribution in [1.29, 1.82) is 0 Å². The Balaban J connectivity index is 0.00000220. The lowest BCUT2D eigenvalue weighted by molar-refractivity contribution is 0.247. The predicted octanol–water partition coefficient (Wildman–Crippen LogP) is 0.581. The van der Waals surface area contributed by atoms with Gasteiger partial charge in [-0.3, -0.25) is 14.6 Å². The molecular weight excluding hydrogens is 381 g/mol. The van der Waals surface area contributed by atoms with E-state index in [0.29, 0.717) is 12.6 Å². The van der Waals surface area contributed by atoms with Gasteiger partial charge < -0.3 is 10.6 Å². The average Bonchev–Trinajstić information content (AvgIpc) is 3.22. The number of aryl methyl sites for hydroxylation is 1. The fourth-order valence-electron chi connectivity index (χ4n) is 2.09. The van der Waals surface area contributed by atoms with Gasteiger partial charge in [0.1, 0.15) is 12.2 Å². The molecule has 8 heteroatoms. The largest absolute Gasteiger partial charge is 0.355 e. The molecule has 1 heterocycles. The molecule has 1 atom stereocenters. The normalized spacial score (nSPS) is 16.5. The number of nitrogens with one attached hydrogen (secondary N) is 2. The molecular formula is C13H26IN7. The van der Waals surface area contributed by atoms with Crippen LogP contribution in [-0.4, -0.2) is 58.3 Å². The summed E-state index contributed by atoms with van der Waals surface area (Å²) in [5, 5.41) is 10.6. The van der Waals surface area contributed by atoms with Crippen LogP contribution in [0.15, 0.2) is 11.3 Å². The summed E-state index contributed by atoms with van der Waals surface area (Å²) in [6.45, 7) is 3.73. The number of hydrogen-bond acceptors (Lipinski definition) is 4. The van der Waals surface area contributed by atoms with E-state index in [1.54, 1.807) is 18.1 Å². The molecule has 2 rings (SSSR count). The van der Waals surface area contributed by atoms with Crippen molar-refractivity contribution >= 4 is 29.9 Å². The van der Waals surface area contributed by atoms with Crippen molar-refractivity contribution in [3.8, 4) is 0 Å². The fourth-order valence-corrected chi connectivity index (χ4v) is 2.09. The molecule has 120 valence electrons. The minimum Gasteiger partial charge on any atom is -0.355 e. The molecule has 21 heavy (non-hydrogen) atoms. The van der Waals surface area contributed by atoms with Gasteiger partial charge in [0.2, 0.25) is 0 Å². The van der Waals surface area contributed by atoms with Crippen molar-refractivity contribution in [2.45, 2.75) is 38.4 Å². The van der Waals surface area contributed by atoms with Crippen LogP contribution >= 0.6 is 24.0 Å². The van der Waals surface area contributed by atoms with Gasteiger partial charge in [0.15, 0.2) is 5.96 Å². The van der Waals surface area contributed by atoms with E-state index < -0.39 is 0 Å². The Morgan fingerprint density at radius 3 is 2.76 bits per heavy atom. The maximum atomic E-state index is 4.23. The number of likely N-dealkylation sites (N-methyl/N-ethyl adjacent to an activating group) is 1. The predicted molar refractivity (Wildman–Crippen MR) is 94.9 cm³/mol. The standard InChI is InChI=1S/C13H25N7.HI/c1-10(19(3)11-5-6-11)7-15-13(14-2)16-8-12-17-9-18-20(12)4;/h9-11H,5-8H2,1-4H3,(H2,14,15,16);1H. The zero-order chi connectivity index (χ0) is 14.5. The van der Waals surface area contributed by atoms with E-state index in [4.69, 9.17) is 0 Å². The van der Waals surface area contributed by atoms with Crippen LogP contribution in [0.1, 0.15) is 25.6 Å². The Labute approximate surface area is 143 Å². The van der Waals surface area contributed by atoms with E-state index in [1.807, 2.05) is 7.05 Å². The molecule has 0 spiro atoms. The third-order valence-electron chi connectivity index (χ3n) is 3.83. The second-order valence-corrected chi connectivity index (χ2v) is 5.35. The SMILES string of the molecule is CN=C(NCc1ncnn1C)NCC(C)N(C)C1CC1.I. The zero-order valence-electron chi connectivity index (χ0n) is 13.2. The van der Waals surface area contributed by atoms with Gasteiger partial charge in [-0.25, -0.2) is 4.98 Å². The quantitative estimate of drug-likeness (QED) is 0.410. The monoisotopic (exact) mass is 407 g/mol. The van der Waals surface area contributed by atoms with Crippen molar-refractivity contribution < 1.29 is 0 Å². The molecule has 0 aliphatic heterocycles. The topological polar surface area (TPSA) is 70.4 Å². The molecule has 0 amide bonds. The van der Waals surface area contributed by atoms with Gasteiger partial charge in [-0.05, 0) is 26.8 Å². The summed E-state index contributed by atoms with van der Waals surface area (Å²) in [7, 11) is 5.86. The Kier molecular flexibility index (Phi) is 7.36. The van der Waals surface area contributed by atoms with E-state index in [-0.39, 0.29) is 24.0 Å². The smallest absolute Gasteiger partial charge is 0.191 e. The summed E-state index contributed by atoms with van der Waals surface area (Å²) in [4.78, 5) is 10.8. The van der Waals surface area contributed by atoms with Crippen LogP contribution in [0, 0.1) is 0 Å². The summed E-state index contributed by atoms with van der Waals surface area (Å²) in [5.41, 5.74) is 0. The highest BCUT2D eigenvalue weighted by Crippen LogP contribution is 2.26. The van der Waals surface area contributed by atoms with Crippen LogP contribution in [0.2, 0.25) is 0 Å². The Hall–Kier alpha value is -0.900. The second-order valence-electron chi connectivity index (χ2n) is 5.35. The Morgan fingerprint density at radius 2 is 2.24 bits per heavy atom. The number of nitrogens with zero attached hydrogens (tertiary/aromatic N) is 5. The molecule has 1 aliphatic rings. The summed E-state index contributed by atoms with van der Waals surface area (Å²) in [5.74, 6) is 1.68. The van der Waals surface area contributed by atoms with Gasteiger partial charge in [0.05, 0.1) is 6.54 Å². The van der Waals surface area contributed by atoms with Crippen molar-refractivity contribution in [3.63, 3.8) is 0 Å². The molecule has 1 fully saturated rings. The molecule has 1 aromatic heterocycles. The van der Waals surface area contributed by atoms with Crippen LogP contribution in [-0.2, 0) is 13.6 Å². The number of guanidine groups is 1. The van der Waals surface area contributed by atoms with E-state index >= 15 is 0 Å². The van der Waals surface area contributed by atoms with Gasteiger partial charge >= 0.3 is 0 Å². The summed E-state index contributed by atoms with van der Waals surface area (Å²) in [6, 6.07) is 1.27. The third kappa shape index (κ3) is 5.42. The molecule has 0 bridgehead atoms. The molecule has 1 aliphatic carbocycles. The van der Waals surface area contributed by atoms with E-state index in [1.165, 1.54) is 12.8 Å². The lowest BCUT2D eigenvalue weighted by atomic mass is 10.3. The van der Waals surface area contributed by atoms with Crippen molar-refractivity contribution in [3.05, 3.63) is 12.2 Å². The van der Waals surface area contributed by atoms with Crippen LogP contribution in [0.4, 0.5) is 0 Å². The minimum atomic E-state index is 0. The lowest BCUT2D eigenvalue weighted by Crippen LogP contribution is -2.45. The summed E-state index contributed by atoms with van der Waals surface area (Å²) in [6.07, 6.45) is 4.22. The molecule has 1 saturated carbocycles. The van der Waals surface area contributed by atoms with Crippen LogP contribution in [0.25, 0.3) is 0 Å². The highest BCUT2D eigenvalue weighted by atomic mass is 127. The first-order valence-electron chi connectivity index (χ1n) is 7.11. The first-order valence-corrected chi connectivity index (χ1v) is 7.11. The average molecular weight is 407 g/mol. The molecule has 0 aromatic carbocycles. The number of aromatic nitrogens is 3. The minimum absolute atomic E-state index is 0. The Bertz CT molecular complexity index is 455. The van der Waals surface area contributed by atoms with E-state index in [9.17, 15) is 0 Å². The number of aliphatic imine (C=N–C) groups is 1. The first kappa shape index (κ1) is 18.1. The maximum absolute atomic E-state index is 4.23. The highest BCUT2D eigenvalue weighted by Gasteiger charge is 2.28. The van der Waals surface area contributed by atoms with Crippen molar-refractivity contribution in [2.75, 3.05) is 20.6 Å². The summed E-state index contributed by atoms with van der Waals surface area (Å²) < 4.78 is 1.75. The number of hydrogen-bond donors (Lipinski definition) is 2. The molecule has 1 aromatic rings. The van der Waals surface area contributed by atoms with Gasteiger partial charge in [-0.2, -0.15) is 5.10 Å². The van der Waals surface area contributed by atoms with E-state index in [0.717, 1.165) is 24.4 Å². The Morgan fingerprint density at radius 1 is 1.52 bits per heavy atom. The van der Waals surface area contributed by atoms with Gasteiger partial charge in [-0.1, -0.05) is 0 Å². The molecule has 0 saturated heterocycles. The summed E-state index contributed by atoms with van der Waals surface area (Å²) >= 11 is 0. The van der Waals surface area contributed by atoms with Crippen molar-refractivity contribution in [1.82, 2.24) is 30.3 Å². The number of rotatable bonds is 6. The van der Waals surface area contributed by atoms with Crippen LogP contribution < -0.4 is 10.6 Å². The molecule has 2 N–H and O–H groups in total. The highest BCUT2D eigenvalue weighted by molar-refractivity contribution is 14.0. The lowest BCUT2D eigenvalue weighted by Gasteiger charge is -2.25. The number of halogens is 1. The van der Waals surface area contributed by atoms with Crippen molar-refractivity contribution in [2.24, 2.45) is 12.0 Å². The molecule has 1 unspecified atom stereocenters. The zero-order valence-corrected chi connectivity index (χ0v) is 15.5. The van der Waals surface area contributed by atoms with Gasteiger partial charge in [0.25, 0.3) is 0 Å². The van der Waals surface area contributed by atoms with Crippen LogP contribution in [0.3, 0.4) is 0 Å². The third-order valence-corrected chi connectivity index (χ3v) is 3.83. The first-order chi connectivity index (χ1) is 9.61. The fraction of sp³-hybridized carbons (Fsp3) is 0.769. The van der Waals surface area contributed by atoms with E-state index in [2.05, 4.69) is 44.6 Å². The van der Waals surface area contributed by atoms with Gasteiger partial charge in [-0.15, -0.1) is 24.0 Å². The second kappa shape index (κ2) is 8.52.